The van der Waals surface area contributed by atoms with E-state index in [0.29, 0.717) is 11.1 Å². The zero-order valence-corrected chi connectivity index (χ0v) is 7.54. The van der Waals surface area contributed by atoms with Crippen molar-refractivity contribution < 1.29 is 15.3 Å². The van der Waals surface area contributed by atoms with Crippen LogP contribution >= 0.6 is 0 Å². The summed E-state index contributed by atoms with van der Waals surface area (Å²) in [6.07, 6.45) is -3.37. The van der Waals surface area contributed by atoms with Crippen molar-refractivity contribution in [3.63, 3.8) is 0 Å². The maximum absolute atomic E-state index is 9.65. The van der Waals surface area contributed by atoms with Crippen LogP contribution in [0, 0.1) is 0 Å². The zero-order chi connectivity index (χ0) is 10.3. The molecule has 0 aromatic heterocycles. The van der Waals surface area contributed by atoms with Gasteiger partial charge in [-0.2, -0.15) is 0 Å². The van der Waals surface area contributed by atoms with E-state index in [-0.39, 0.29) is 0 Å². The third kappa shape index (κ3) is 1.24. The van der Waals surface area contributed by atoms with Crippen LogP contribution in [0.1, 0.15) is 23.3 Å². The normalized spacial score (nSPS) is 36.6. The van der Waals surface area contributed by atoms with Crippen molar-refractivity contribution in [3.05, 3.63) is 35.4 Å². The first-order valence-corrected chi connectivity index (χ1v) is 4.51. The number of aliphatic hydroxyl groups excluding tert-OH is 3. The molecule has 4 heteroatoms. The van der Waals surface area contributed by atoms with Crippen molar-refractivity contribution in [1.82, 2.24) is 0 Å². The summed E-state index contributed by atoms with van der Waals surface area (Å²) in [5.41, 5.74) is 7.01. The van der Waals surface area contributed by atoms with Crippen molar-refractivity contribution in [2.75, 3.05) is 0 Å². The molecule has 0 amide bonds. The van der Waals surface area contributed by atoms with Crippen molar-refractivity contribution in [2.24, 2.45) is 5.73 Å². The lowest BCUT2D eigenvalue weighted by Gasteiger charge is -2.35. The van der Waals surface area contributed by atoms with Gasteiger partial charge in [0.2, 0.25) is 0 Å². The standard InChI is InChI=1S/C10H13NO3/c11-7-5-3-1-2-4-6(5)8(12)10(14)9(7)13/h1-4,7-10,12-14H,11H2/t7-,8+,9+,10-/m0/s1. The minimum absolute atomic E-state index is 0.595. The van der Waals surface area contributed by atoms with Gasteiger partial charge in [0, 0.05) is 0 Å². The lowest BCUT2D eigenvalue weighted by atomic mass is 9.82. The Kier molecular flexibility index (Phi) is 2.28. The molecule has 0 unspecified atom stereocenters. The molecule has 1 aromatic rings. The van der Waals surface area contributed by atoms with Crippen molar-refractivity contribution in [3.8, 4) is 0 Å². The van der Waals surface area contributed by atoms with E-state index >= 15 is 0 Å². The highest BCUT2D eigenvalue weighted by molar-refractivity contribution is 5.36. The van der Waals surface area contributed by atoms with Crippen LogP contribution in [0.15, 0.2) is 24.3 Å². The van der Waals surface area contributed by atoms with Crippen molar-refractivity contribution in [1.29, 1.82) is 0 Å². The van der Waals surface area contributed by atoms with Crippen LogP contribution in [-0.4, -0.2) is 27.5 Å². The smallest absolute Gasteiger partial charge is 0.112 e. The lowest BCUT2D eigenvalue weighted by molar-refractivity contribution is -0.0797. The maximum Gasteiger partial charge on any atom is 0.112 e. The number of aliphatic hydroxyl groups is 3. The van der Waals surface area contributed by atoms with Gasteiger partial charge in [0.15, 0.2) is 0 Å². The van der Waals surface area contributed by atoms with Gasteiger partial charge >= 0.3 is 0 Å². The highest BCUT2D eigenvalue weighted by Gasteiger charge is 2.38. The quantitative estimate of drug-likeness (QED) is 0.447. The Morgan fingerprint density at radius 2 is 1.50 bits per heavy atom. The monoisotopic (exact) mass is 195 g/mol. The summed E-state index contributed by atoms with van der Waals surface area (Å²) in [4.78, 5) is 0. The van der Waals surface area contributed by atoms with Gasteiger partial charge in [-0.3, -0.25) is 0 Å². The Morgan fingerprint density at radius 1 is 0.929 bits per heavy atom. The molecule has 4 atom stereocenters. The van der Waals surface area contributed by atoms with Gasteiger partial charge in [-0.25, -0.2) is 0 Å². The molecule has 4 nitrogen and oxygen atoms in total. The first kappa shape index (κ1) is 9.61. The Bertz CT molecular complexity index is 309. The highest BCUT2D eigenvalue weighted by atomic mass is 16.4. The van der Waals surface area contributed by atoms with Gasteiger partial charge in [0.25, 0.3) is 0 Å². The van der Waals surface area contributed by atoms with Crippen molar-refractivity contribution in [2.45, 2.75) is 24.4 Å². The van der Waals surface area contributed by atoms with Crippen LogP contribution < -0.4 is 5.73 Å². The van der Waals surface area contributed by atoms with Gasteiger partial charge in [-0.1, -0.05) is 24.3 Å². The topological polar surface area (TPSA) is 86.7 Å². The molecule has 2 rings (SSSR count). The Balaban J connectivity index is 2.51. The van der Waals surface area contributed by atoms with Crippen LogP contribution in [0.5, 0.6) is 0 Å². The van der Waals surface area contributed by atoms with E-state index in [4.69, 9.17) is 5.73 Å². The highest BCUT2D eigenvalue weighted by Crippen LogP contribution is 2.34. The zero-order valence-electron chi connectivity index (χ0n) is 7.54. The SMILES string of the molecule is N[C@H]1c2ccccc2[C@@H](O)[C@H](O)[C@@H]1O. The van der Waals surface area contributed by atoms with Crippen LogP contribution in [0.3, 0.4) is 0 Å². The van der Waals surface area contributed by atoms with E-state index in [1.165, 1.54) is 0 Å². The Hall–Kier alpha value is -0.940. The molecule has 0 saturated heterocycles. The average molecular weight is 195 g/mol. The molecule has 0 fully saturated rings. The van der Waals surface area contributed by atoms with Crippen LogP contribution in [0.25, 0.3) is 0 Å². The molecule has 0 heterocycles. The largest absolute Gasteiger partial charge is 0.388 e. The second-order valence-electron chi connectivity index (χ2n) is 3.58. The predicted molar refractivity (Wildman–Crippen MR) is 50.3 cm³/mol. The molecular formula is C10H13NO3. The number of nitrogens with two attached hydrogens (primary N) is 1. The number of rotatable bonds is 0. The molecule has 1 aliphatic rings. The summed E-state index contributed by atoms with van der Waals surface area (Å²) in [7, 11) is 0. The molecular weight excluding hydrogens is 182 g/mol. The fraction of sp³-hybridized carbons (Fsp3) is 0.400. The van der Waals surface area contributed by atoms with E-state index < -0.39 is 24.4 Å². The Morgan fingerprint density at radius 3 is 2.14 bits per heavy atom. The fourth-order valence-electron chi connectivity index (χ4n) is 1.85. The van der Waals surface area contributed by atoms with Gasteiger partial charge < -0.3 is 21.1 Å². The molecule has 0 aliphatic heterocycles. The van der Waals surface area contributed by atoms with E-state index in [9.17, 15) is 15.3 Å². The second-order valence-corrected chi connectivity index (χ2v) is 3.58. The summed E-state index contributed by atoms with van der Waals surface area (Å²) in [6.45, 7) is 0. The minimum atomic E-state index is -1.21. The number of benzene rings is 1. The van der Waals surface area contributed by atoms with E-state index in [2.05, 4.69) is 0 Å². The molecule has 1 aliphatic carbocycles. The lowest BCUT2D eigenvalue weighted by Crippen LogP contribution is -2.44. The minimum Gasteiger partial charge on any atom is -0.388 e. The van der Waals surface area contributed by atoms with Crippen LogP contribution in [0.2, 0.25) is 0 Å². The number of hydrogen-bond donors (Lipinski definition) is 4. The number of fused-ring (bicyclic) bond motifs is 1. The maximum atomic E-state index is 9.65. The number of hydrogen-bond acceptors (Lipinski definition) is 4. The van der Waals surface area contributed by atoms with Crippen LogP contribution in [0.4, 0.5) is 0 Å². The van der Waals surface area contributed by atoms with Gasteiger partial charge in [-0.05, 0) is 11.1 Å². The van der Waals surface area contributed by atoms with Gasteiger partial charge in [0.1, 0.15) is 18.3 Å². The first-order chi connectivity index (χ1) is 6.63. The second kappa shape index (κ2) is 3.33. The summed E-state index contributed by atoms with van der Waals surface area (Å²) >= 11 is 0. The predicted octanol–water partition coefficient (Wildman–Crippen LogP) is -0.545. The van der Waals surface area contributed by atoms with Crippen LogP contribution in [-0.2, 0) is 0 Å². The van der Waals surface area contributed by atoms with Gasteiger partial charge in [-0.15, -0.1) is 0 Å². The fourth-order valence-corrected chi connectivity index (χ4v) is 1.85. The molecule has 0 saturated carbocycles. The van der Waals surface area contributed by atoms with Gasteiger partial charge in [0.05, 0.1) is 6.04 Å². The average Bonchev–Trinajstić information content (AvgIpc) is 2.23. The van der Waals surface area contributed by atoms with E-state index in [1.54, 1.807) is 24.3 Å². The molecule has 0 bridgehead atoms. The Labute approximate surface area is 81.6 Å². The van der Waals surface area contributed by atoms with Crippen molar-refractivity contribution >= 4 is 0 Å². The molecule has 1 aromatic carbocycles. The van der Waals surface area contributed by atoms with E-state index in [0.717, 1.165) is 0 Å². The third-order valence-electron chi connectivity index (χ3n) is 2.72. The molecule has 5 N–H and O–H groups in total. The molecule has 14 heavy (non-hydrogen) atoms. The molecule has 0 spiro atoms. The van der Waals surface area contributed by atoms with E-state index in [1.807, 2.05) is 0 Å². The third-order valence-corrected chi connectivity index (χ3v) is 2.72. The first-order valence-electron chi connectivity index (χ1n) is 4.51. The summed E-state index contributed by atoms with van der Waals surface area (Å²) in [6, 6.07) is 6.37. The molecule has 76 valence electrons. The molecule has 0 radical (unpaired) electrons. The summed E-state index contributed by atoms with van der Waals surface area (Å²) in [5.74, 6) is 0. The summed E-state index contributed by atoms with van der Waals surface area (Å²) < 4.78 is 0. The summed E-state index contributed by atoms with van der Waals surface area (Å²) in [5, 5.41) is 28.7.